The summed E-state index contributed by atoms with van der Waals surface area (Å²) in [7, 11) is 1.38. The van der Waals surface area contributed by atoms with Crippen molar-refractivity contribution in [2.45, 2.75) is 38.1 Å². The number of hydrogen-bond donors (Lipinski definition) is 1. The predicted octanol–water partition coefficient (Wildman–Crippen LogP) is 1.07. The average molecular weight is 171 g/mol. The molecule has 0 radical (unpaired) electrons. The number of ether oxygens (including phenoxy) is 1. The molecule has 0 amide bonds. The minimum Gasteiger partial charge on any atom is -0.468 e. The summed E-state index contributed by atoms with van der Waals surface area (Å²) in [4.78, 5) is 10.9. The number of nitrogens with two attached hydrogens (primary N) is 1. The van der Waals surface area contributed by atoms with Crippen LogP contribution in [0, 0.1) is 5.92 Å². The van der Waals surface area contributed by atoms with Crippen LogP contribution in [-0.4, -0.2) is 19.1 Å². The summed E-state index contributed by atoms with van der Waals surface area (Å²) in [6.45, 7) is 0. The van der Waals surface area contributed by atoms with Gasteiger partial charge in [-0.05, 0) is 12.3 Å². The monoisotopic (exact) mass is 171 g/mol. The molecule has 0 aromatic carbocycles. The maximum atomic E-state index is 10.9. The Hall–Kier alpha value is -0.570. The molecule has 1 atom stereocenters. The number of hydrogen-bond acceptors (Lipinski definition) is 3. The number of rotatable bonds is 5. The molecule has 3 heteroatoms. The topological polar surface area (TPSA) is 52.3 Å². The lowest BCUT2D eigenvalue weighted by molar-refractivity contribution is -0.142. The third-order valence-electron chi connectivity index (χ3n) is 2.33. The fourth-order valence-corrected chi connectivity index (χ4v) is 1.30. The smallest absolute Gasteiger partial charge is 0.322 e. The first-order chi connectivity index (χ1) is 5.74. The maximum absolute atomic E-state index is 10.9. The van der Waals surface area contributed by atoms with Gasteiger partial charge in [0.2, 0.25) is 0 Å². The van der Waals surface area contributed by atoms with Crippen LogP contribution in [0.1, 0.15) is 32.1 Å². The summed E-state index contributed by atoms with van der Waals surface area (Å²) in [6.07, 6.45) is 5.79. The Bertz CT molecular complexity index is 155. The van der Waals surface area contributed by atoms with E-state index >= 15 is 0 Å². The predicted molar refractivity (Wildman–Crippen MR) is 46.6 cm³/mol. The molecule has 12 heavy (non-hydrogen) atoms. The molecular formula is C9H17NO2. The molecule has 70 valence electrons. The molecule has 0 heterocycles. The van der Waals surface area contributed by atoms with Crippen LogP contribution < -0.4 is 5.73 Å². The Morgan fingerprint density at radius 1 is 1.67 bits per heavy atom. The molecule has 1 aliphatic rings. The number of carbonyl (C=O) groups is 1. The van der Waals surface area contributed by atoms with E-state index < -0.39 is 6.04 Å². The molecule has 0 aromatic heterocycles. The van der Waals surface area contributed by atoms with Crippen LogP contribution in [0.5, 0.6) is 0 Å². The van der Waals surface area contributed by atoms with Crippen LogP contribution in [0.4, 0.5) is 0 Å². The Labute approximate surface area is 73.3 Å². The van der Waals surface area contributed by atoms with Crippen molar-refractivity contribution in [3.05, 3.63) is 0 Å². The van der Waals surface area contributed by atoms with Crippen LogP contribution in [0.2, 0.25) is 0 Å². The lowest BCUT2D eigenvalue weighted by atomic mass is 10.1. The van der Waals surface area contributed by atoms with Gasteiger partial charge in [0.15, 0.2) is 0 Å². The molecule has 0 spiro atoms. The average Bonchev–Trinajstić information content (AvgIpc) is 2.86. The van der Waals surface area contributed by atoms with Crippen molar-refractivity contribution in [1.29, 1.82) is 0 Å². The van der Waals surface area contributed by atoms with Crippen molar-refractivity contribution < 1.29 is 9.53 Å². The van der Waals surface area contributed by atoms with Gasteiger partial charge < -0.3 is 10.5 Å². The Morgan fingerprint density at radius 2 is 2.33 bits per heavy atom. The molecule has 0 aliphatic heterocycles. The number of methoxy groups -OCH3 is 1. The van der Waals surface area contributed by atoms with Crippen LogP contribution in [0.25, 0.3) is 0 Å². The molecule has 0 aromatic rings. The van der Waals surface area contributed by atoms with Gasteiger partial charge in [-0.25, -0.2) is 0 Å². The van der Waals surface area contributed by atoms with Crippen LogP contribution >= 0.6 is 0 Å². The van der Waals surface area contributed by atoms with E-state index in [4.69, 9.17) is 5.73 Å². The van der Waals surface area contributed by atoms with Gasteiger partial charge in [-0.15, -0.1) is 0 Å². The first kappa shape index (κ1) is 9.52. The summed E-state index contributed by atoms with van der Waals surface area (Å²) in [5, 5.41) is 0. The third-order valence-corrected chi connectivity index (χ3v) is 2.33. The summed E-state index contributed by atoms with van der Waals surface area (Å²) in [6, 6.07) is -0.409. The molecule has 1 unspecified atom stereocenters. The van der Waals surface area contributed by atoms with E-state index in [0.29, 0.717) is 0 Å². The highest BCUT2D eigenvalue weighted by Gasteiger charge is 2.21. The largest absolute Gasteiger partial charge is 0.468 e. The van der Waals surface area contributed by atoms with Gasteiger partial charge in [0, 0.05) is 0 Å². The molecular weight excluding hydrogens is 154 g/mol. The van der Waals surface area contributed by atoms with E-state index in [1.54, 1.807) is 0 Å². The van der Waals surface area contributed by atoms with E-state index in [-0.39, 0.29) is 5.97 Å². The second-order valence-electron chi connectivity index (χ2n) is 3.50. The minimum atomic E-state index is -0.409. The van der Waals surface area contributed by atoms with Gasteiger partial charge >= 0.3 is 5.97 Å². The second kappa shape index (κ2) is 4.45. The molecule has 0 bridgehead atoms. The standard InChI is InChI=1S/C9H17NO2/c1-12-9(11)8(10)4-2-3-7-5-6-7/h7-8H,2-6,10H2,1H3. The third kappa shape index (κ3) is 3.22. The van der Waals surface area contributed by atoms with Crippen LogP contribution in [0.15, 0.2) is 0 Å². The number of carbonyl (C=O) groups excluding carboxylic acids is 1. The Balaban J connectivity index is 2.00. The first-order valence-corrected chi connectivity index (χ1v) is 4.57. The summed E-state index contributed by atoms with van der Waals surface area (Å²) in [5.74, 6) is 0.639. The van der Waals surface area contributed by atoms with E-state index in [0.717, 1.165) is 18.8 Å². The van der Waals surface area contributed by atoms with Crippen molar-refractivity contribution in [2.24, 2.45) is 11.7 Å². The summed E-state index contributed by atoms with van der Waals surface area (Å²) < 4.78 is 4.52. The van der Waals surface area contributed by atoms with Gasteiger partial charge in [-0.2, -0.15) is 0 Å². The normalized spacial score (nSPS) is 18.8. The minimum absolute atomic E-state index is 0.286. The molecule has 1 fully saturated rings. The van der Waals surface area contributed by atoms with Crippen LogP contribution in [-0.2, 0) is 9.53 Å². The zero-order valence-electron chi connectivity index (χ0n) is 7.58. The fourth-order valence-electron chi connectivity index (χ4n) is 1.30. The fraction of sp³-hybridized carbons (Fsp3) is 0.889. The van der Waals surface area contributed by atoms with Crippen molar-refractivity contribution in [2.75, 3.05) is 7.11 Å². The highest BCUT2D eigenvalue weighted by Crippen LogP contribution is 2.33. The highest BCUT2D eigenvalue weighted by atomic mass is 16.5. The zero-order valence-corrected chi connectivity index (χ0v) is 7.58. The molecule has 0 saturated heterocycles. The lowest BCUT2D eigenvalue weighted by Gasteiger charge is -2.07. The molecule has 3 nitrogen and oxygen atoms in total. The second-order valence-corrected chi connectivity index (χ2v) is 3.50. The molecule has 1 aliphatic carbocycles. The maximum Gasteiger partial charge on any atom is 0.322 e. The Morgan fingerprint density at radius 3 is 2.83 bits per heavy atom. The highest BCUT2D eigenvalue weighted by molar-refractivity contribution is 5.75. The number of esters is 1. The van der Waals surface area contributed by atoms with Crippen molar-refractivity contribution in [3.63, 3.8) is 0 Å². The molecule has 2 N–H and O–H groups in total. The molecule has 1 rings (SSSR count). The van der Waals surface area contributed by atoms with Crippen LogP contribution in [0.3, 0.4) is 0 Å². The van der Waals surface area contributed by atoms with Crippen molar-refractivity contribution in [1.82, 2.24) is 0 Å². The lowest BCUT2D eigenvalue weighted by Crippen LogP contribution is -2.31. The van der Waals surface area contributed by atoms with Gasteiger partial charge in [-0.1, -0.05) is 25.7 Å². The zero-order chi connectivity index (χ0) is 8.97. The van der Waals surface area contributed by atoms with E-state index in [1.807, 2.05) is 0 Å². The first-order valence-electron chi connectivity index (χ1n) is 4.57. The van der Waals surface area contributed by atoms with Crippen molar-refractivity contribution in [3.8, 4) is 0 Å². The van der Waals surface area contributed by atoms with Crippen molar-refractivity contribution >= 4 is 5.97 Å². The van der Waals surface area contributed by atoms with Gasteiger partial charge in [0.1, 0.15) is 6.04 Å². The quantitative estimate of drug-likeness (QED) is 0.629. The summed E-state index contributed by atoms with van der Waals surface area (Å²) >= 11 is 0. The SMILES string of the molecule is COC(=O)C(N)CCCC1CC1. The Kier molecular flexibility index (Phi) is 3.53. The summed E-state index contributed by atoms with van der Waals surface area (Å²) in [5.41, 5.74) is 5.56. The molecule has 1 saturated carbocycles. The van der Waals surface area contributed by atoms with E-state index in [2.05, 4.69) is 4.74 Å². The van der Waals surface area contributed by atoms with Gasteiger partial charge in [-0.3, -0.25) is 4.79 Å². The van der Waals surface area contributed by atoms with E-state index in [9.17, 15) is 4.79 Å². The van der Waals surface area contributed by atoms with E-state index in [1.165, 1.54) is 26.4 Å². The van der Waals surface area contributed by atoms with Gasteiger partial charge in [0.25, 0.3) is 0 Å². The van der Waals surface area contributed by atoms with Gasteiger partial charge in [0.05, 0.1) is 7.11 Å².